The van der Waals surface area contributed by atoms with Crippen molar-refractivity contribution in [2.24, 2.45) is 5.84 Å². The van der Waals surface area contributed by atoms with Crippen LogP contribution in [0.1, 0.15) is 35.7 Å². The van der Waals surface area contributed by atoms with Gasteiger partial charge in [0.1, 0.15) is 18.2 Å². The maximum Gasteiger partial charge on any atom is 0.222 e. The van der Waals surface area contributed by atoms with Crippen LogP contribution in [0.25, 0.3) is 0 Å². The predicted octanol–water partition coefficient (Wildman–Crippen LogP) is 3.18. The number of hydrazine groups is 1. The van der Waals surface area contributed by atoms with Crippen molar-refractivity contribution >= 4 is 17.4 Å². The fourth-order valence-corrected chi connectivity index (χ4v) is 2.27. The molecule has 2 aromatic rings. The number of anilines is 1. The van der Waals surface area contributed by atoms with Crippen LogP contribution in [0.3, 0.4) is 0 Å². The summed E-state index contributed by atoms with van der Waals surface area (Å²) < 4.78 is 5.83. The second-order valence-corrected chi connectivity index (χ2v) is 5.57. The molecule has 0 aliphatic heterocycles. The first kappa shape index (κ1) is 14.1. The Morgan fingerprint density at radius 1 is 1.33 bits per heavy atom. The number of hydrogen-bond acceptors (Lipinski definition) is 5. The molecule has 1 aliphatic carbocycles. The van der Waals surface area contributed by atoms with Gasteiger partial charge in [-0.3, -0.25) is 0 Å². The first-order valence-corrected chi connectivity index (χ1v) is 7.28. The van der Waals surface area contributed by atoms with Gasteiger partial charge in [-0.05, 0) is 25.8 Å². The first-order chi connectivity index (χ1) is 10.2. The molecule has 1 heterocycles. The van der Waals surface area contributed by atoms with Crippen molar-refractivity contribution in [2.45, 2.75) is 32.3 Å². The molecule has 0 unspecified atom stereocenters. The summed E-state index contributed by atoms with van der Waals surface area (Å²) >= 11 is 6.14. The van der Waals surface area contributed by atoms with E-state index in [4.69, 9.17) is 22.2 Å². The summed E-state index contributed by atoms with van der Waals surface area (Å²) in [5.41, 5.74) is 4.33. The average Bonchev–Trinajstić information content (AvgIpc) is 3.32. The van der Waals surface area contributed by atoms with Crippen molar-refractivity contribution in [3.05, 3.63) is 46.2 Å². The van der Waals surface area contributed by atoms with Crippen molar-refractivity contribution in [3.63, 3.8) is 0 Å². The fraction of sp³-hybridized carbons (Fsp3) is 0.333. The maximum atomic E-state index is 6.14. The number of aromatic nitrogens is 2. The highest BCUT2D eigenvalue weighted by Crippen LogP contribution is 2.40. The number of ether oxygens (including phenoxy) is 1. The van der Waals surface area contributed by atoms with Crippen LogP contribution in [0.4, 0.5) is 5.82 Å². The largest absolute Gasteiger partial charge is 0.472 e. The molecule has 21 heavy (non-hydrogen) atoms. The van der Waals surface area contributed by atoms with E-state index in [1.165, 1.54) is 0 Å². The van der Waals surface area contributed by atoms with Gasteiger partial charge in [-0.25, -0.2) is 10.8 Å². The normalized spacial score (nSPS) is 14.0. The smallest absolute Gasteiger partial charge is 0.222 e. The molecule has 0 amide bonds. The van der Waals surface area contributed by atoms with Crippen molar-refractivity contribution in [1.82, 2.24) is 9.97 Å². The number of benzene rings is 1. The number of halogens is 1. The van der Waals surface area contributed by atoms with Gasteiger partial charge in [0.05, 0.1) is 5.56 Å². The Morgan fingerprint density at radius 2 is 2.10 bits per heavy atom. The summed E-state index contributed by atoms with van der Waals surface area (Å²) in [6.07, 6.45) is 2.24. The van der Waals surface area contributed by atoms with Crippen LogP contribution in [0.15, 0.2) is 24.3 Å². The Morgan fingerprint density at radius 3 is 2.76 bits per heavy atom. The molecular weight excluding hydrogens is 288 g/mol. The van der Waals surface area contributed by atoms with Crippen LogP contribution in [-0.4, -0.2) is 9.97 Å². The zero-order valence-corrected chi connectivity index (χ0v) is 12.5. The van der Waals surface area contributed by atoms with E-state index in [0.29, 0.717) is 29.2 Å². The lowest BCUT2D eigenvalue weighted by Crippen LogP contribution is -2.13. The number of rotatable bonds is 5. The minimum atomic E-state index is 0.367. The number of nitrogens with zero attached hydrogens (tertiary/aromatic N) is 2. The van der Waals surface area contributed by atoms with Crippen molar-refractivity contribution in [2.75, 3.05) is 5.43 Å². The molecule has 1 aromatic heterocycles. The van der Waals surface area contributed by atoms with Gasteiger partial charge in [0.25, 0.3) is 0 Å². The third-order valence-corrected chi connectivity index (χ3v) is 3.89. The second kappa shape index (κ2) is 5.87. The van der Waals surface area contributed by atoms with E-state index in [1.54, 1.807) is 0 Å². The highest BCUT2D eigenvalue weighted by atomic mass is 35.5. The predicted molar refractivity (Wildman–Crippen MR) is 82.3 cm³/mol. The van der Waals surface area contributed by atoms with Crippen LogP contribution in [0.5, 0.6) is 5.88 Å². The molecule has 3 N–H and O–H groups in total. The second-order valence-electron chi connectivity index (χ2n) is 5.16. The van der Waals surface area contributed by atoms with E-state index in [0.717, 1.165) is 29.8 Å². The van der Waals surface area contributed by atoms with Crippen LogP contribution < -0.4 is 16.0 Å². The van der Waals surface area contributed by atoms with E-state index in [2.05, 4.69) is 15.4 Å². The van der Waals surface area contributed by atoms with Gasteiger partial charge < -0.3 is 10.2 Å². The van der Waals surface area contributed by atoms with Crippen molar-refractivity contribution in [3.8, 4) is 5.88 Å². The van der Waals surface area contributed by atoms with Gasteiger partial charge in [0.2, 0.25) is 5.88 Å². The van der Waals surface area contributed by atoms with Gasteiger partial charge in [0, 0.05) is 16.5 Å². The Balaban J connectivity index is 1.84. The van der Waals surface area contributed by atoms with E-state index in [-0.39, 0.29) is 0 Å². The summed E-state index contributed by atoms with van der Waals surface area (Å²) in [7, 11) is 0. The Hall–Kier alpha value is -1.85. The molecule has 0 radical (unpaired) electrons. The van der Waals surface area contributed by atoms with E-state index < -0.39 is 0 Å². The quantitative estimate of drug-likeness (QED) is 0.655. The van der Waals surface area contributed by atoms with E-state index >= 15 is 0 Å². The van der Waals surface area contributed by atoms with Gasteiger partial charge >= 0.3 is 0 Å². The summed E-state index contributed by atoms with van der Waals surface area (Å²) in [5.74, 6) is 7.92. The summed E-state index contributed by atoms with van der Waals surface area (Å²) in [6, 6.07) is 7.60. The number of nitrogens with two attached hydrogens (primary N) is 1. The number of nitrogen functional groups attached to an aromatic ring is 1. The fourth-order valence-electron chi connectivity index (χ4n) is 2.08. The molecule has 0 spiro atoms. The molecule has 5 nitrogen and oxygen atoms in total. The lowest BCUT2D eigenvalue weighted by Gasteiger charge is -2.13. The van der Waals surface area contributed by atoms with Crippen LogP contribution in [0, 0.1) is 6.92 Å². The Bertz CT molecular complexity index is 658. The molecular formula is C15H17ClN4O. The SMILES string of the molecule is Cc1c(NN)nc(C2CC2)nc1OCc1ccccc1Cl. The topological polar surface area (TPSA) is 73.1 Å². The maximum absolute atomic E-state index is 6.14. The monoisotopic (exact) mass is 304 g/mol. The molecule has 1 fully saturated rings. The molecule has 6 heteroatoms. The molecule has 1 saturated carbocycles. The standard InChI is InChI=1S/C15H17ClN4O/c1-9-13(20-17)18-14(10-6-7-10)19-15(9)21-8-11-4-2-3-5-12(11)16/h2-5,10H,6-8,17H2,1H3,(H,18,19,20). The molecule has 1 aliphatic rings. The minimum absolute atomic E-state index is 0.367. The van der Waals surface area contributed by atoms with Crippen LogP contribution in [-0.2, 0) is 6.61 Å². The van der Waals surface area contributed by atoms with Crippen LogP contribution >= 0.6 is 11.6 Å². The first-order valence-electron chi connectivity index (χ1n) is 6.90. The molecule has 3 rings (SSSR count). The minimum Gasteiger partial charge on any atom is -0.472 e. The zero-order chi connectivity index (χ0) is 14.8. The third kappa shape index (κ3) is 3.09. The lowest BCUT2D eigenvalue weighted by molar-refractivity contribution is 0.290. The van der Waals surface area contributed by atoms with Crippen molar-refractivity contribution in [1.29, 1.82) is 0 Å². The van der Waals surface area contributed by atoms with E-state index in [1.807, 2.05) is 31.2 Å². The van der Waals surface area contributed by atoms with E-state index in [9.17, 15) is 0 Å². The van der Waals surface area contributed by atoms with Gasteiger partial charge in [0.15, 0.2) is 0 Å². The highest BCUT2D eigenvalue weighted by Gasteiger charge is 2.28. The summed E-state index contributed by atoms with van der Waals surface area (Å²) in [6.45, 7) is 2.25. The van der Waals surface area contributed by atoms with Gasteiger partial charge in [-0.1, -0.05) is 29.8 Å². The molecule has 1 aromatic carbocycles. The van der Waals surface area contributed by atoms with Crippen LogP contribution in [0.2, 0.25) is 5.02 Å². The molecule has 110 valence electrons. The third-order valence-electron chi connectivity index (χ3n) is 3.52. The number of hydrogen-bond donors (Lipinski definition) is 2. The molecule has 0 atom stereocenters. The lowest BCUT2D eigenvalue weighted by atomic mass is 10.2. The Kier molecular flexibility index (Phi) is 3.94. The number of nitrogens with one attached hydrogen (secondary N) is 1. The zero-order valence-electron chi connectivity index (χ0n) is 11.8. The van der Waals surface area contributed by atoms with Crippen molar-refractivity contribution < 1.29 is 4.74 Å². The molecule has 0 saturated heterocycles. The Labute approximate surface area is 128 Å². The van der Waals surface area contributed by atoms with Gasteiger partial charge in [-0.15, -0.1) is 0 Å². The summed E-state index contributed by atoms with van der Waals surface area (Å²) in [5, 5.41) is 0.684. The summed E-state index contributed by atoms with van der Waals surface area (Å²) in [4.78, 5) is 8.95. The van der Waals surface area contributed by atoms with Gasteiger partial charge in [-0.2, -0.15) is 4.98 Å². The molecule has 0 bridgehead atoms. The average molecular weight is 305 g/mol. The highest BCUT2D eigenvalue weighted by molar-refractivity contribution is 6.31.